The fraction of sp³-hybridized carbons (Fsp3) is 0.263. The Bertz CT molecular complexity index is 849. The number of esters is 1. The second-order valence-electron chi connectivity index (χ2n) is 5.69. The largest absolute Gasteiger partial charge is 0.453 e. The van der Waals surface area contributed by atoms with Gasteiger partial charge in [0.15, 0.2) is 11.9 Å². The Labute approximate surface area is 155 Å². The van der Waals surface area contributed by atoms with E-state index in [0.717, 1.165) is 5.56 Å². The number of benzene rings is 1. The first-order valence-corrected chi connectivity index (χ1v) is 8.86. The maximum Gasteiger partial charge on any atom is 0.307 e. The standard InChI is InChI=1S/C19H18N2O4S/c1-12-3-5-14(6-4-12)16(22)7-8-17(23)25-13(2)18(24)21-19-15(11-20)9-10-26-19/h3-6,9-10,13H,7-8H2,1-2H3,(H,21,24)/t13-/m1/s1. The minimum atomic E-state index is -1.02. The van der Waals surface area contributed by atoms with E-state index in [1.54, 1.807) is 23.6 Å². The minimum absolute atomic E-state index is 0.0136. The van der Waals surface area contributed by atoms with Gasteiger partial charge in [-0.25, -0.2) is 0 Å². The summed E-state index contributed by atoms with van der Waals surface area (Å²) in [5.74, 6) is -1.31. The highest BCUT2D eigenvalue weighted by atomic mass is 32.1. The first-order chi connectivity index (χ1) is 12.4. The van der Waals surface area contributed by atoms with Crippen LogP contribution >= 0.6 is 11.3 Å². The Hall–Kier alpha value is -2.98. The van der Waals surface area contributed by atoms with Crippen molar-refractivity contribution in [3.8, 4) is 6.07 Å². The van der Waals surface area contributed by atoms with Crippen LogP contribution in [0.3, 0.4) is 0 Å². The number of aryl methyl sites for hydroxylation is 1. The van der Waals surface area contributed by atoms with Crippen LogP contribution in [0.5, 0.6) is 0 Å². The van der Waals surface area contributed by atoms with Gasteiger partial charge in [-0.1, -0.05) is 29.8 Å². The molecule has 26 heavy (non-hydrogen) atoms. The summed E-state index contributed by atoms with van der Waals surface area (Å²) in [5.41, 5.74) is 1.94. The molecule has 0 aliphatic carbocycles. The summed E-state index contributed by atoms with van der Waals surface area (Å²) >= 11 is 1.21. The number of nitrogens with one attached hydrogen (secondary N) is 1. The third kappa shape index (κ3) is 5.26. The van der Waals surface area contributed by atoms with Gasteiger partial charge in [0, 0.05) is 12.0 Å². The first-order valence-electron chi connectivity index (χ1n) is 7.98. The van der Waals surface area contributed by atoms with Gasteiger partial charge in [-0.2, -0.15) is 5.26 Å². The van der Waals surface area contributed by atoms with Crippen LogP contribution in [0.15, 0.2) is 35.7 Å². The second kappa shape index (κ2) is 8.92. The van der Waals surface area contributed by atoms with Gasteiger partial charge < -0.3 is 10.1 Å². The molecule has 2 aromatic rings. The third-order valence-electron chi connectivity index (χ3n) is 3.63. The average molecular weight is 370 g/mol. The predicted molar refractivity (Wildman–Crippen MR) is 98.0 cm³/mol. The molecule has 0 unspecified atom stereocenters. The van der Waals surface area contributed by atoms with Crippen LogP contribution in [0.25, 0.3) is 0 Å². The van der Waals surface area contributed by atoms with E-state index in [1.807, 2.05) is 25.1 Å². The van der Waals surface area contributed by atoms with Crippen molar-refractivity contribution < 1.29 is 19.1 Å². The number of amides is 1. The van der Waals surface area contributed by atoms with Crippen molar-refractivity contribution in [1.82, 2.24) is 0 Å². The maximum atomic E-state index is 12.0. The summed E-state index contributed by atoms with van der Waals surface area (Å²) in [6.45, 7) is 3.36. The van der Waals surface area contributed by atoms with Crippen LogP contribution in [0.1, 0.15) is 41.3 Å². The Morgan fingerprint density at radius 2 is 1.88 bits per heavy atom. The number of hydrogen-bond donors (Lipinski definition) is 1. The number of nitriles is 1. The molecule has 1 atom stereocenters. The SMILES string of the molecule is Cc1ccc(C(=O)CCC(=O)O[C@H](C)C(=O)Nc2sccc2C#N)cc1. The molecule has 6 nitrogen and oxygen atoms in total. The number of nitrogens with zero attached hydrogens (tertiary/aromatic N) is 1. The molecule has 1 aromatic carbocycles. The zero-order valence-electron chi connectivity index (χ0n) is 14.4. The lowest BCUT2D eigenvalue weighted by atomic mass is 10.1. The van der Waals surface area contributed by atoms with Crippen molar-refractivity contribution in [3.63, 3.8) is 0 Å². The van der Waals surface area contributed by atoms with E-state index in [9.17, 15) is 14.4 Å². The molecule has 0 aliphatic rings. The highest BCUT2D eigenvalue weighted by Gasteiger charge is 2.20. The van der Waals surface area contributed by atoms with Crippen LogP contribution in [0.2, 0.25) is 0 Å². The summed E-state index contributed by atoms with van der Waals surface area (Å²) in [6, 6.07) is 10.6. The lowest BCUT2D eigenvalue weighted by molar-refractivity contribution is -0.153. The molecule has 1 aromatic heterocycles. The van der Waals surface area contributed by atoms with E-state index in [2.05, 4.69) is 5.32 Å². The molecule has 1 heterocycles. The first kappa shape index (κ1) is 19.3. The van der Waals surface area contributed by atoms with Crippen LogP contribution < -0.4 is 5.32 Å². The Balaban J connectivity index is 1.81. The van der Waals surface area contributed by atoms with E-state index in [0.29, 0.717) is 16.1 Å². The quantitative estimate of drug-likeness (QED) is 0.595. The number of ketones is 1. The number of anilines is 1. The van der Waals surface area contributed by atoms with Gasteiger partial charge in [0.1, 0.15) is 11.1 Å². The van der Waals surface area contributed by atoms with Crippen molar-refractivity contribution >= 4 is 34.0 Å². The number of carbonyl (C=O) groups excluding carboxylic acids is 3. The van der Waals surface area contributed by atoms with Crippen LogP contribution in [0, 0.1) is 18.3 Å². The number of hydrogen-bond acceptors (Lipinski definition) is 6. The third-order valence-corrected chi connectivity index (χ3v) is 4.46. The van der Waals surface area contributed by atoms with Crippen molar-refractivity contribution in [2.24, 2.45) is 0 Å². The fourth-order valence-corrected chi connectivity index (χ4v) is 2.86. The van der Waals surface area contributed by atoms with Gasteiger partial charge in [-0.15, -0.1) is 11.3 Å². The number of rotatable bonds is 7. The van der Waals surface area contributed by atoms with Gasteiger partial charge >= 0.3 is 5.97 Å². The second-order valence-corrected chi connectivity index (χ2v) is 6.60. The van der Waals surface area contributed by atoms with Gasteiger partial charge in [0.2, 0.25) is 0 Å². The molecule has 0 saturated heterocycles. The molecule has 0 aliphatic heterocycles. The van der Waals surface area contributed by atoms with Crippen LogP contribution in [-0.2, 0) is 14.3 Å². The zero-order chi connectivity index (χ0) is 19.1. The Kier molecular flexibility index (Phi) is 6.64. The monoisotopic (exact) mass is 370 g/mol. The molecule has 7 heteroatoms. The topological polar surface area (TPSA) is 96.3 Å². The molecular weight excluding hydrogens is 352 g/mol. The minimum Gasteiger partial charge on any atom is -0.453 e. The lowest BCUT2D eigenvalue weighted by Crippen LogP contribution is -2.30. The fourth-order valence-electron chi connectivity index (χ4n) is 2.12. The summed E-state index contributed by atoms with van der Waals surface area (Å²) in [5, 5.41) is 13.6. The van der Waals surface area contributed by atoms with E-state index in [-0.39, 0.29) is 18.6 Å². The predicted octanol–water partition coefficient (Wildman–Crippen LogP) is 3.46. The Morgan fingerprint density at radius 3 is 2.54 bits per heavy atom. The van der Waals surface area contributed by atoms with Gasteiger partial charge in [0.25, 0.3) is 5.91 Å². The Morgan fingerprint density at radius 1 is 1.19 bits per heavy atom. The number of carbonyl (C=O) groups is 3. The normalized spacial score (nSPS) is 11.3. The molecule has 1 N–H and O–H groups in total. The zero-order valence-corrected chi connectivity index (χ0v) is 15.3. The van der Waals surface area contributed by atoms with Gasteiger partial charge in [-0.05, 0) is 25.3 Å². The van der Waals surface area contributed by atoms with Crippen molar-refractivity contribution in [3.05, 3.63) is 52.4 Å². The van der Waals surface area contributed by atoms with Crippen molar-refractivity contribution in [2.45, 2.75) is 32.8 Å². The molecule has 0 radical (unpaired) electrons. The van der Waals surface area contributed by atoms with Gasteiger partial charge in [0.05, 0.1) is 12.0 Å². The van der Waals surface area contributed by atoms with Crippen LogP contribution in [-0.4, -0.2) is 23.8 Å². The average Bonchev–Trinajstić information content (AvgIpc) is 3.07. The highest BCUT2D eigenvalue weighted by molar-refractivity contribution is 7.14. The lowest BCUT2D eigenvalue weighted by Gasteiger charge is -2.12. The van der Waals surface area contributed by atoms with Crippen LogP contribution in [0.4, 0.5) is 5.00 Å². The van der Waals surface area contributed by atoms with Crippen molar-refractivity contribution in [1.29, 1.82) is 5.26 Å². The van der Waals surface area contributed by atoms with Crippen molar-refractivity contribution in [2.75, 3.05) is 5.32 Å². The smallest absolute Gasteiger partial charge is 0.307 e. The van der Waals surface area contributed by atoms with E-state index in [4.69, 9.17) is 10.00 Å². The molecule has 0 fully saturated rings. The summed E-state index contributed by atoms with van der Waals surface area (Å²) in [6.07, 6.45) is -1.11. The summed E-state index contributed by atoms with van der Waals surface area (Å²) in [4.78, 5) is 36.0. The molecular formula is C19H18N2O4S. The molecule has 1 amide bonds. The molecule has 134 valence electrons. The number of ether oxygens (including phenoxy) is 1. The summed E-state index contributed by atoms with van der Waals surface area (Å²) < 4.78 is 5.06. The number of thiophene rings is 1. The molecule has 0 bridgehead atoms. The number of Topliss-reactive ketones (excluding diaryl/α,β-unsaturated/α-hetero) is 1. The molecule has 0 spiro atoms. The van der Waals surface area contributed by atoms with E-state index >= 15 is 0 Å². The van der Waals surface area contributed by atoms with Gasteiger partial charge in [-0.3, -0.25) is 14.4 Å². The van der Waals surface area contributed by atoms with E-state index < -0.39 is 18.0 Å². The van der Waals surface area contributed by atoms with E-state index in [1.165, 1.54) is 18.3 Å². The summed E-state index contributed by atoms with van der Waals surface area (Å²) in [7, 11) is 0. The maximum absolute atomic E-state index is 12.0. The molecule has 0 saturated carbocycles. The molecule has 2 rings (SSSR count). The highest BCUT2D eigenvalue weighted by Crippen LogP contribution is 2.22.